The van der Waals surface area contributed by atoms with E-state index in [-0.39, 0.29) is 0 Å². The molecule has 0 unspecified atom stereocenters. The van der Waals surface area contributed by atoms with E-state index in [0.717, 1.165) is 5.70 Å². The van der Waals surface area contributed by atoms with Gasteiger partial charge in [0, 0.05) is 6.20 Å². The van der Waals surface area contributed by atoms with Crippen LogP contribution in [-0.4, -0.2) is 0 Å². The van der Waals surface area contributed by atoms with Gasteiger partial charge >= 0.3 is 0 Å². The van der Waals surface area contributed by atoms with Crippen molar-refractivity contribution >= 4 is 0 Å². The van der Waals surface area contributed by atoms with E-state index in [1.165, 1.54) is 5.57 Å². The third-order valence-corrected chi connectivity index (χ3v) is 1.68. The number of allylic oxidation sites excluding steroid dienone is 3. The molecule has 0 spiro atoms. The van der Waals surface area contributed by atoms with Gasteiger partial charge in [0.2, 0.25) is 0 Å². The summed E-state index contributed by atoms with van der Waals surface area (Å²) in [6, 6.07) is 0. The molecule has 1 heterocycles. The van der Waals surface area contributed by atoms with Crippen molar-refractivity contribution in [3.05, 3.63) is 41.9 Å². The van der Waals surface area contributed by atoms with Gasteiger partial charge in [0.25, 0.3) is 0 Å². The maximum atomic E-state index is 3.58. The van der Waals surface area contributed by atoms with Crippen molar-refractivity contribution in [3.63, 3.8) is 0 Å². The second-order valence-electron chi connectivity index (χ2n) is 2.87. The summed E-state index contributed by atoms with van der Waals surface area (Å²) in [5, 5.41) is 3.04. The lowest BCUT2D eigenvalue weighted by Gasteiger charge is -2.12. The van der Waals surface area contributed by atoms with Crippen molar-refractivity contribution in [3.8, 4) is 0 Å². The van der Waals surface area contributed by atoms with Gasteiger partial charge in [-0.15, -0.1) is 5.73 Å². The Balaban J connectivity index is 2.89. The molecular formula is C10H13N. The first kappa shape index (κ1) is 7.90. The van der Waals surface area contributed by atoms with Crippen LogP contribution in [0.5, 0.6) is 0 Å². The quantitative estimate of drug-likeness (QED) is 0.561. The predicted octanol–water partition coefficient (Wildman–Crippen LogP) is 2.35. The lowest BCUT2D eigenvalue weighted by Crippen LogP contribution is -2.08. The molecular weight excluding hydrogens is 134 g/mol. The Kier molecular flexibility index (Phi) is 2.35. The Morgan fingerprint density at radius 1 is 1.55 bits per heavy atom. The molecule has 1 aliphatic heterocycles. The molecule has 58 valence electrons. The summed E-state index contributed by atoms with van der Waals surface area (Å²) in [5.74, 6) is 0.566. The highest BCUT2D eigenvalue weighted by atomic mass is 14.8. The molecule has 1 aliphatic rings. The van der Waals surface area contributed by atoms with Gasteiger partial charge in [-0.2, -0.15) is 0 Å². The molecule has 0 radical (unpaired) electrons. The number of hydrogen-bond donors (Lipinski definition) is 1. The molecule has 1 heteroatoms. The molecule has 0 saturated carbocycles. The zero-order valence-electron chi connectivity index (χ0n) is 7.02. The van der Waals surface area contributed by atoms with Gasteiger partial charge < -0.3 is 5.32 Å². The van der Waals surface area contributed by atoms with E-state index in [1.54, 1.807) is 0 Å². The van der Waals surface area contributed by atoms with Gasteiger partial charge in [0.05, 0.1) is 5.70 Å². The van der Waals surface area contributed by atoms with E-state index in [2.05, 4.69) is 43.6 Å². The molecule has 0 bridgehead atoms. The van der Waals surface area contributed by atoms with Crippen molar-refractivity contribution in [1.82, 2.24) is 5.32 Å². The molecule has 0 amide bonds. The third kappa shape index (κ3) is 1.86. The van der Waals surface area contributed by atoms with Crippen molar-refractivity contribution in [2.75, 3.05) is 0 Å². The van der Waals surface area contributed by atoms with E-state index < -0.39 is 0 Å². The van der Waals surface area contributed by atoms with Crippen LogP contribution in [0.4, 0.5) is 0 Å². The fourth-order valence-electron chi connectivity index (χ4n) is 0.945. The topological polar surface area (TPSA) is 12.0 Å². The first-order valence-electron chi connectivity index (χ1n) is 3.78. The Labute approximate surface area is 67.8 Å². The van der Waals surface area contributed by atoms with E-state index in [1.807, 2.05) is 6.20 Å². The normalized spacial score (nSPS) is 15.9. The Morgan fingerprint density at radius 3 is 2.82 bits per heavy atom. The molecule has 1 nitrogen and oxygen atoms in total. The highest BCUT2D eigenvalue weighted by Gasteiger charge is 2.03. The molecule has 0 atom stereocenters. The summed E-state index contributed by atoms with van der Waals surface area (Å²) in [6.45, 7) is 7.91. The van der Waals surface area contributed by atoms with Gasteiger partial charge in [-0.1, -0.05) is 20.4 Å². The fraction of sp³-hybridized carbons (Fsp3) is 0.300. The zero-order valence-corrected chi connectivity index (χ0v) is 7.02. The van der Waals surface area contributed by atoms with Gasteiger partial charge in [-0.05, 0) is 23.6 Å². The van der Waals surface area contributed by atoms with Crippen LogP contribution in [0.25, 0.3) is 0 Å². The first-order chi connectivity index (χ1) is 5.24. The van der Waals surface area contributed by atoms with Crippen molar-refractivity contribution < 1.29 is 0 Å². The minimum Gasteiger partial charge on any atom is -0.355 e. The molecule has 0 aromatic rings. The molecule has 0 aliphatic carbocycles. The van der Waals surface area contributed by atoms with E-state index in [4.69, 9.17) is 0 Å². The summed E-state index contributed by atoms with van der Waals surface area (Å²) in [7, 11) is 0. The number of dihydropyridines is 1. The lowest BCUT2D eigenvalue weighted by molar-refractivity contribution is 0.782. The zero-order chi connectivity index (χ0) is 8.27. The van der Waals surface area contributed by atoms with E-state index >= 15 is 0 Å². The molecule has 1 N–H and O–H groups in total. The number of hydrogen-bond acceptors (Lipinski definition) is 1. The fourth-order valence-corrected chi connectivity index (χ4v) is 0.945. The van der Waals surface area contributed by atoms with Crippen molar-refractivity contribution in [2.24, 2.45) is 5.92 Å². The van der Waals surface area contributed by atoms with Gasteiger partial charge in [-0.25, -0.2) is 0 Å². The van der Waals surface area contributed by atoms with Crippen LogP contribution in [0.1, 0.15) is 13.8 Å². The Morgan fingerprint density at radius 2 is 2.27 bits per heavy atom. The van der Waals surface area contributed by atoms with Crippen LogP contribution in [0.2, 0.25) is 0 Å². The van der Waals surface area contributed by atoms with Crippen LogP contribution in [-0.2, 0) is 0 Å². The Hall–Kier alpha value is -1.20. The van der Waals surface area contributed by atoms with Gasteiger partial charge in [0.15, 0.2) is 0 Å². The van der Waals surface area contributed by atoms with E-state index in [9.17, 15) is 0 Å². The standard InChI is InChI=1S/C10H13N/c1-4-10-7-9(8(2)3)5-6-11-10/h5-8,11H,1H2,2-3H3. The molecule has 11 heavy (non-hydrogen) atoms. The smallest absolute Gasteiger partial charge is 0.0810 e. The van der Waals surface area contributed by atoms with Gasteiger partial charge in [0.1, 0.15) is 0 Å². The lowest BCUT2D eigenvalue weighted by atomic mass is 10.0. The van der Waals surface area contributed by atoms with E-state index in [0.29, 0.717) is 5.92 Å². The van der Waals surface area contributed by atoms with Crippen LogP contribution < -0.4 is 5.32 Å². The largest absolute Gasteiger partial charge is 0.355 e. The summed E-state index contributed by atoms with van der Waals surface area (Å²) in [4.78, 5) is 0. The van der Waals surface area contributed by atoms with Gasteiger partial charge in [-0.3, -0.25) is 0 Å². The van der Waals surface area contributed by atoms with Crippen LogP contribution >= 0.6 is 0 Å². The summed E-state index contributed by atoms with van der Waals surface area (Å²) >= 11 is 0. The minimum atomic E-state index is 0.566. The summed E-state index contributed by atoms with van der Waals surface area (Å²) in [5.41, 5.74) is 5.09. The summed E-state index contributed by atoms with van der Waals surface area (Å²) in [6.07, 6.45) is 6.06. The monoisotopic (exact) mass is 147 g/mol. The molecule has 0 aromatic carbocycles. The van der Waals surface area contributed by atoms with Crippen molar-refractivity contribution in [1.29, 1.82) is 0 Å². The first-order valence-corrected chi connectivity index (χ1v) is 3.78. The molecule has 0 fully saturated rings. The van der Waals surface area contributed by atoms with Crippen LogP contribution in [0.3, 0.4) is 0 Å². The minimum absolute atomic E-state index is 0.566. The maximum Gasteiger partial charge on any atom is 0.0810 e. The third-order valence-electron chi connectivity index (χ3n) is 1.68. The Bertz CT molecular complexity index is 250. The average Bonchev–Trinajstić information content (AvgIpc) is 2.05. The molecule has 0 aromatic heterocycles. The van der Waals surface area contributed by atoms with Crippen molar-refractivity contribution in [2.45, 2.75) is 13.8 Å². The van der Waals surface area contributed by atoms with Crippen LogP contribution in [0, 0.1) is 5.92 Å². The molecule has 1 rings (SSSR count). The highest BCUT2D eigenvalue weighted by Crippen LogP contribution is 2.15. The second kappa shape index (κ2) is 3.27. The summed E-state index contributed by atoms with van der Waals surface area (Å²) < 4.78 is 0. The SMILES string of the molecule is C=C=C1C=C(C(C)C)C=CN1. The number of rotatable bonds is 1. The molecule has 0 saturated heterocycles. The highest BCUT2D eigenvalue weighted by molar-refractivity contribution is 5.34. The number of nitrogens with one attached hydrogen (secondary N) is 1. The second-order valence-corrected chi connectivity index (χ2v) is 2.87. The predicted molar refractivity (Wildman–Crippen MR) is 47.8 cm³/mol. The van der Waals surface area contributed by atoms with Crippen LogP contribution in [0.15, 0.2) is 41.9 Å². The average molecular weight is 147 g/mol. The maximum absolute atomic E-state index is 3.58.